The number of rotatable bonds is 2. The maximum atomic E-state index is 5.16. The van der Waals surface area contributed by atoms with E-state index in [1.54, 1.807) is 0 Å². The third-order valence-corrected chi connectivity index (χ3v) is 1.68. The van der Waals surface area contributed by atoms with Crippen molar-refractivity contribution in [1.82, 2.24) is 9.97 Å². The zero-order valence-electron chi connectivity index (χ0n) is 7.36. The zero-order chi connectivity index (χ0) is 9.97. The van der Waals surface area contributed by atoms with Crippen LogP contribution in [0.4, 0.5) is 5.95 Å². The second kappa shape index (κ2) is 3.25. The van der Waals surface area contributed by atoms with Crippen molar-refractivity contribution in [3.8, 4) is 0 Å². The van der Waals surface area contributed by atoms with Gasteiger partial charge in [-0.2, -0.15) is 0 Å². The van der Waals surface area contributed by atoms with E-state index in [1.807, 2.05) is 24.3 Å². The van der Waals surface area contributed by atoms with Crippen LogP contribution < -0.4 is 16.9 Å². The number of aromatic nitrogens is 2. The zero-order valence-corrected chi connectivity index (χ0v) is 7.36. The highest BCUT2D eigenvalue weighted by molar-refractivity contribution is 5.78. The number of hydrogen-bond acceptors (Lipinski definition) is 3. The Labute approximate surface area is 80.0 Å². The van der Waals surface area contributed by atoms with Gasteiger partial charge in [0.15, 0.2) is 0 Å². The Kier molecular flexibility index (Phi) is 1.94. The fourth-order valence-electron chi connectivity index (χ4n) is 1.12. The van der Waals surface area contributed by atoms with Gasteiger partial charge in [-0.1, -0.05) is 12.1 Å². The van der Waals surface area contributed by atoms with Crippen molar-refractivity contribution >= 4 is 22.9 Å². The molecule has 0 unspecified atom stereocenters. The predicted octanol–water partition coefficient (Wildman–Crippen LogP) is 0.163. The lowest BCUT2D eigenvalue weighted by Gasteiger charge is -1.92. The van der Waals surface area contributed by atoms with Gasteiger partial charge in [0.25, 0.3) is 0 Å². The van der Waals surface area contributed by atoms with Crippen molar-refractivity contribution < 1.29 is 0 Å². The summed E-state index contributed by atoms with van der Waals surface area (Å²) in [5.41, 5.74) is 14.7. The SMILES string of the molecule is NC(N)=NNc1nc2ccccc2[nH]1. The summed E-state index contributed by atoms with van der Waals surface area (Å²) in [5, 5.41) is 3.62. The first-order chi connectivity index (χ1) is 6.75. The molecule has 0 spiro atoms. The largest absolute Gasteiger partial charge is 0.369 e. The summed E-state index contributed by atoms with van der Waals surface area (Å²) < 4.78 is 0. The van der Waals surface area contributed by atoms with Gasteiger partial charge in [-0.25, -0.2) is 10.4 Å². The smallest absolute Gasteiger partial charge is 0.222 e. The number of imidazole rings is 1. The second-order valence-electron chi connectivity index (χ2n) is 2.75. The standard InChI is InChI=1S/C8H10N6/c9-7(10)13-14-8-11-5-3-1-2-4-6(5)12-8/h1-4H,(H4,9,10,13)(H2,11,12,14). The molecule has 0 aliphatic rings. The molecule has 6 N–H and O–H groups in total. The van der Waals surface area contributed by atoms with Crippen LogP contribution in [-0.4, -0.2) is 15.9 Å². The number of nitrogens with one attached hydrogen (secondary N) is 2. The normalized spacial score (nSPS) is 10.0. The van der Waals surface area contributed by atoms with E-state index < -0.39 is 0 Å². The Morgan fingerprint density at radius 2 is 2.14 bits per heavy atom. The van der Waals surface area contributed by atoms with Crippen molar-refractivity contribution in [2.75, 3.05) is 5.43 Å². The van der Waals surface area contributed by atoms with Crippen LogP contribution in [0, 0.1) is 0 Å². The molecule has 0 atom stereocenters. The Balaban J connectivity index is 2.31. The molecule has 0 aliphatic heterocycles. The highest BCUT2D eigenvalue weighted by atomic mass is 15.4. The van der Waals surface area contributed by atoms with Crippen molar-refractivity contribution in [2.24, 2.45) is 16.6 Å². The average Bonchev–Trinajstić information content (AvgIpc) is 2.57. The maximum absolute atomic E-state index is 5.16. The van der Waals surface area contributed by atoms with Crippen LogP contribution in [-0.2, 0) is 0 Å². The van der Waals surface area contributed by atoms with Crippen molar-refractivity contribution in [3.05, 3.63) is 24.3 Å². The van der Waals surface area contributed by atoms with Gasteiger partial charge in [0.2, 0.25) is 11.9 Å². The molecule has 1 aromatic carbocycles. The summed E-state index contributed by atoms with van der Waals surface area (Å²) >= 11 is 0. The minimum Gasteiger partial charge on any atom is -0.369 e. The minimum absolute atomic E-state index is 0.0366. The summed E-state index contributed by atoms with van der Waals surface area (Å²) in [4.78, 5) is 7.21. The third kappa shape index (κ3) is 1.58. The molecule has 0 bridgehead atoms. The highest BCUT2D eigenvalue weighted by Gasteiger charge is 1.99. The third-order valence-electron chi connectivity index (χ3n) is 1.68. The van der Waals surface area contributed by atoms with E-state index in [9.17, 15) is 0 Å². The van der Waals surface area contributed by atoms with E-state index in [2.05, 4.69) is 20.5 Å². The molecule has 0 aliphatic carbocycles. The summed E-state index contributed by atoms with van der Waals surface area (Å²) in [6.45, 7) is 0. The molecular formula is C8H10N6. The molecule has 72 valence electrons. The van der Waals surface area contributed by atoms with E-state index in [0.717, 1.165) is 11.0 Å². The number of anilines is 1. The number of nitrogens with zero attached hydrogens (tertiary/aromatic N) is 2. The molecule has 6 heteroatoms. The topological polar surface area (TPSA) is 105 Å². The Morgan fingerprint density at radius 3 is 2.86 bits per heavy atom. The number of H-pyrrole nitrogens is 1. The molecule has 1 heterocycles. The second-order valence-corrected chi connectivity index (χ2v) is 2.75. The van der Waals surface area contributed by atoms with Crippen molar-refractivity contribution in [2.45, 2.75) is 0 Å². The van der Waals surface area contributed by atoms with Gasteiger partial charge in [0, 0.05) is 0 Å². The van der Waals surface area contributed by atoms with Crippen LogP contribution >= 0.6 is 0 Å². The number of aromatic amines is 1. The Morgan fingerprint density at radius 1 is 1.36 bits per heavy atom. The number of fused-ring (bicyclic) bond motifs is 1. The average molecular weight is 190 g/mol. The maximum Gasteiger partial charge on any atom is 0.222 e. The molecule has 1 aromatic heterocycles. The number of hydrogen-bond donors (Lipinski definition) is 4. The lowest BCUT2D eigenvalue weighted by Crippen LogP contribution is -2.24. The van der Waals surface area contributed by atoms with Gasteiger partial charge in [-0.05, 0) is 12.1 Å². The molecule has 2 rings (SSSR count). The van der Waals surface area contributed by atoms with E-state index in [4.69, 9.17) is 11.5 Å². The molecular weight excluding hydrogens is 180 g/mol. The van der Waals surface area contributed by atoms with Crippen molar-refractivity contribution in [3.63, 3.8) is 0 Å². The first-order valence-electron chi connectivity index (χ1n) is 4.05. The number of para-hydroxylation sites is 2. The van der Waals surface area contributed by atoms with Gasteiger partial charge in [-0.3, -0.25) is 0 Å². The van der Waals surface area contributed by atoms with Gasteiger partial charge < -0.3 is 16.5 Å². The monoisotopic (exact) mass is 190 g/mol. The molecule has 0 radical (unpaired) electrons. The van der Waals surface area contributed by atoms with Crippen LogP contribution in [0.2, 0.25) is 0 Å². The van der Waals surface area contributed by atoms with Crippen LogP contribution in [0.25, 0.3) is 11.0 Å². The Hall–Kier alpha value is -2.24. The molecule has 0 fully saturated rings. The molecule has 14 heavy (non-hydrogen) atoms. The summed E-state index contributed by atoms with van der Waals surface area (Å²) in [6, 6.07) is 7.65. The lowest BCUT2D eigenvalue weighted by molar-refractivity contribution is 1.19. The minimum atomic E-state index is -0.0366. The number of hydrazone groups is 1. The summed E-state index contributed by atoms with van der Waals surface area (Å²) in [7, 11) is 0. The first kappa shape index (κ1) is 8.36. The van der Waals surface area contributed by atoms with Crippen LogP contribution in [0.5, 0.6) is 0 Å². The van der Waals surface area contributed by atoms with Crippen molar-refractivity contribution in [1.29, 1.82) is 0 Å². The quantitative estimate of drug-likeness (QED) is 0.307. The van der Waals surface area contributed by atoms with E-state index in [-0.39, 0.29) is 5.96 Å². The van der Waals surface area contributed by atoms with Crippen LogP contribution in [0.3, 0.4) is 0 Å². The Bertz CT molecular complexity index is 434. The predicted molar refractivity (Wildman–Crippen MR) is 55.5 cm³/mol. The molecule has 0 saturated carbocycles. The van der Waals surface area contributed by atoms with Gasteiger partial charge in [-0.15, -0.1) is 5.10 Å². The van der Waals surface area contributed by atoms with Gasteiger partial charge >= 0.3 is 0 Å². The first-order valence-corrected chi connectivity index (χ1v) is 4.05. The van der Waals surface area contributed by atoms with Crippen LogP contribution in [0.15, 0.2) is 29.4 Å². The number of guanidine groups is 1. The number of nitrogens with two attached hydrogens (primary N) is 2. The molecule has 0 amide bonds. The van der Waals surface area contributed by atoms with E-state index in [0.29, 0.717) is 5.95 Å². The number of benzene rings is 1. The molecule has 0 saturated heterocycles. The fraction of sp³-hybridized carbons (Fsp3) is 0. The van der Waals surface area contributed by atoms with E-state index >= 15 is 0 Å². The summed E-state index contributed by atoms with van der Waals surface area (Å²) in [6.07, 6.45) is 0. The van der Waals surface area contributed by atoms with Gasteiger partial charge in [0.1, 0.15) is 0 Å². The summed E-state index contributed by atoms with van der Waals surface area (Å²) in [5.74, 6) is 0.477. The van der Waals surface area contributed by atoms with Gasteiger partial charge in [0.05, 0.1) is 11.0 Å². The lowest BCUT2D eigenvalue weighted by atomic mass is 10.3. The fourth-order valence-corrected chi connectivity index (χ4v) is 1.12. The molecule has 6 nitrogen and oxygen atoms in total. The van der Waals surface area contributed by atoms with E-state index in [1.165, 1.54) is 0 Å². The highest BCUT2D eigenvalue weighted by Crippen LogP contribution is 2.12. The van der Waals surface area contributed by atoms with Crippen LogP contribution in [0.1, 0.15) is 0 Å². The molecule has 2 aromatic rings.